The largest absolute Gasteiger partial charge is 0.469 e. The second kappa shape index (κ2) is 18.4. The Kier molecular flexibility index (Phi) is 15.6. The Labute approximate surface area is 325 Å². The van der Waals surface area contributed by atoms with Crippen LogP contribution in [0.5, 0.6) is 0 Å². The molecular formula is C43H67N7O4. The summed E-state index contributed by atoms with van der Waals surface area (Å²) in [7, 11) is 1.50. The van der Waals surface area contributed by atoms with Gasteiger partial charge < -0.3 is 19.4 Å². The summed E-state index contributed by atoms with van der Waals surface area (Å²) in [5.41, 5.74) is -1.45. The highest BCUT2D eigenvalue weighted by atomic mass is 16.5. The third kappa shape index (κ3) is 9.16. The Bertz CT molecular complexity index is 1650. The van der Waals surface area contributed by atoms with Crippen molar-refractivity contribution < 1.29 is 19.1 Å². The number of benzene rings is 1. The van der Waals surface area contributed by atoms with Crippen molar-refractivity contribution in [2.24, 2.45) is 42.7 Å². The smallest absolute Gasteiger partial charge is 0.312 e. The number of nitriles is 2. The first-order valence-corrected chi connectivity index (χ1v) is 19.7. The molecule has 0 aliphatic carbocycles. The highest BCUT2D eigenvalue weighted by molar-refractivity contribution is 5.79. The summed E-state index contributed by atoms with van der Waals surface area (Å²) in [5, 5.41) is 26.5. The van der Waals surface area contributed by atoms with Crippen LogP contribution in [0.4, 0.5) is 17.3 Å². The maximum atomic E-state index is 14.6. The Hall–Kier alpha value is -4.25. The number of aromatic amines is 1. The van der Waals surface area contributed by atoms with Crippen LogP contribution in [0.1, 0.15) is 146 Å². The topological polar surface area (TPSA) is 157 Å². The predicted octanol–water partition coefficient (Wildman–Crippen LogP) is 11.0. The zero-order valence-corrected chi connectivity index (χ0v) is 35.7. The quantitative estimate of drug-likeness (QED) is 0.0977. The molecule has 1 aromatic heterocycles. The molecule has 0 fully saturated rings. The number of methoxy groups -OCH3 is 1. The first-order chi connectivity index (χ1) is 25.2. The zero-order chi connectivity index (χ0) is 41.2. The summed E-state index contributed by atoms with van der Waals surface area (Å²) >= 11 is 0. The normalized spacial score (nSPS) is 15.7. The molecule has 0 saturated carbocycles. The molecule has 0 amide bonds. The number of carbonyl (C=O) groups excluding carboxylic acids is 2. The lowest BCUT2D eigenvalue weighted by atomic mass is 9.42. The van der Waals surface area contributed by atoms with E-state index in [1.54, 1.807) is 0 Å². The molecule has 3 atom stereocenters. The van der Waals surface area contributed by atoms with Gasteiger partial charge >= 0.3 is 11.9 Å². The summed E-state index contributed by atoms with van der Waals surface area (Å²) in [6.07, 6.45) is 5.31. The fourth-order valence-corrected chi connectivity index (χ4v) is 8.97. The molecule has 1 N–H and O–H groups in total. The molecule has 1 heterocycles. The van der Waals surface area contributed by atoms with Crippen LogP contribution in [0.25, 0.3) is 0 Å². The Morgan fingerprint density at radius 1 is 0.796 bits per heavy atom. The van der Waals surface area contributed by atoms with Crippen LogP contribution in [-0.2, 0) is 19.1 Å². The third-order valence-corrected chi connectivity index (χ3v) is 13.6. The Morgan fingerprint density at radius 2 is 1.41 bits per heavy atom. The van der Waals surface area contributed by atoms with Gasteiger partial charge in [-0.25, -0.2) is 0 Å². The van der Waals surface area contributed by atoms with Crippen molar-refractivity contribution in [3.63, 3.8) is 0 Å². The van der Waals surface area contributed by atoms with Gasteiger partial charge in [-0.05, 0) is 98.8 Å². The number of rotatable bonds is 21. The maximum Gasteiger partial charge on any atom is 0.312 e. The predicted molar refractivity (Wildman–Crippen MR) is 215 cm³/mol. The van der Waals surface area contributed by atoms with Gasteiger partial charge in [-0.3, -0.25) is 9.59 Å². The first-order valence-electron chi connectivity index (χ1n) is 19.7. The number of aromatic nitrogens is 2. The van der Waals surface area contributed by atoms with Gasteiger partial charge in [0.25, 0.3) is 0 Å². The molecule has 1 aromatic carbocycles. The second-order valence-electron chi connectivity index (χ2n) is 16.9. The van der Waals surface area contributed by atoms with Gasteiger partial charge in [-0.15, -0.1) is 10.2 Å². The van der Waals surface area contributed by atoms with Gasteiger partial charge in [0.15, 0.2) is 11.4 Å². The SMILES string of the molecule is CCN(CCOC(=O)C(C)(CC(C)(CC)C(CC)(CC)C(C)(CC(C)(C)CC)C(=O)OC)C(C)(C)CC)c1ccc(N=Nc2nc(C#N)c(C#N)[nH]2)cc1. The average molecular weight is 746 g/mol. The lowest BCUT2D eigenvalue weighted by Gasteiger charge is -2.61. The number of azo groups is 1. The molecule has 0 bridgehead atoms. The van der Waals surface area contributed by atoms with Crippen LogP contribution in [0.3, 0.4) is 0 Å². The molecule has 2 rings (SSSR count). The lowest BCUT2D eigenvalue weighted by molar-refractivity contribution is -0.190. The van der Waals surface area contributed by atoms with Gasteiger partial charge in [0.1, 0.15) is 18.7 Å². The van der Waals surface area contributed by atoms with Crippen molar-refractivity contribution in [2.45, 2.75) is 135 Å². The minimum Gasteiger partial charge on any atom is -0.469 e. The zero-order valence-electron chi connectivity index (χ0n) is 35.7. The summed E-state index contributed by atoms with van der Waals surface area (Å²) in [4.78, 5) is 37.4. The lowest BCUT2D eigenvalue weighted by Crippen LogP contribution is -2.59. The van der Waals surface area contributed by atoms with Gasteiger partial charge in [0.05, 0.1) is 30.2 Å². The highest BCUT2D eigenvalue weighted by Gasteiger charge is 2.64. The van der Waals surface area contributed by atoms with Crippen molar-refractivity contribution in [3.05, 3.63) is 35.7 Å². The average Bonchev–Trinajstić information content (AvgIpc) is 3.58. The van der Waals surface area contributed by atoms with Crippen molar-refractivity contribution >= 4 is 29.3 Å². The van der Waals surface area contributed by atoms with E-state index in [0.717, 1.165) is 37.8 Å². The Morgan fingerprint density at radius 3 is 1.85 bits per heavy atom. The summed E-state index contributed by atoms with van der Waals surface area (Å²) in [6.45, 7) is 29.6. The standard InChI is InChI=1S/C43H67N7O4/c1-15-38(7,8)29-42(13,35(51)53-14)43(18-4,19-5)40(11,17-3)30-41(12,39(9,10)16-2)36(52)54-26-25-50(20-6)32-23-21-31(22-24-32)48-49-37-46-33(27-44)34(28-45)47-37/h21-24H,15-20,25-26,29-30H2,1-14H3,(H,46,47). The molecule has 0 aliphatic rings. The number of nitrogens with zero attached hydrogens (tertiary/aromatic N) is 6. The van der Waals surface area contributed by atoms with E-state index in [-0.39, 0.29) is 41.3 Å². The second-order valence-corrected chi connectivity index (χ2v) is 16.9. The van der Waals surface area contributed by atoms with Crippen LogP contribution in [-0.4, -0.2) is 48.7 Å². The summed E-state index contributed by atoms with van der Waals surface area (Å²) in [6, 6.07) is 11.2. The Balaban J connectivity index is 2.40. The van der Waals surface area contributed by atoms with E-state index >= 15 is 0 Å². The minimum atomic E-state index is -0.848. The molecular weight excluding hydrogens is 679 g/mol. The number of likely N-dealkylation sites (N-methyl/N-ethyl adjacent to an activating group) is 1. The van der Waals surface area contributed by atoms with E-state index in [9.17, 15) is 9.59 Å². The van der Waals surface area contributed by atoms with Crippen molar-refractivity contribution in [3.8, 4) is 12.1 Å². The van der Waals surface area contributed by atoms with Gasteiger partial charge in [-0.1, -0.05) is 82.1 Å². The number of H-pyrrole nitrogens is 1. The van der Waals surface area contributed by atoms with Crippen molar-refractivity contribution in [2.75, 3.05) is 31.7 Å². The molecule has 0 spiro atoms. The number of esters is 2. The van der Waals surface area contributed by atoms with E-state index in [1.807, 2.05) is 36.4 Å². The first kappa shape index (κ1) is 45.9. The number of hydrogen-bond donors (Lipinski definition) is 1. The van der Waals surface area contributed by atoms with Crippen LogP contribution >= 0.6 is 0 Å². The van der Waals surface area contributed by atoms with E-state index in [1.165, 1.54) is 7.11 Å². The number of imidazole rings is 1. The van der Waals surface area contributed by atoms with Crippen LogP contribution in [0.2, 0.25) is 0 Å². The van der Waals surface area contributed by atoms with Gasteiger partial charge in [0, 0.05) is 12.2 Å². The maximum absolute atomic E-state index is 14.6. The van der Waals surface area contributed by atoms with Crippen LogP contribution < -0.4 is 4.90 Å². The van der Waals surface area contributed by atoms with E-state index in [4.69, 9.17) is 20.0 Å². The van der Waals surface area contributed by atoms with E-state index in [2.05, 4.69) is 115 Å². The molecule has 11 nitrogen and oxygen atoms in total. The molecule has 54 heavy (non-hydrogen) atoms. The molecule has 0 aliphatic heterocycles. The number of carbonyl (C=O) groups is 2. The van der Waals surface area contributed by atoms with Crippen molar-refractivity contribution in [1.82, 2.24) is 9.97 Å². The molecule has 3 unspecified atom stereocenters. The number of nitrogens with one attached hydrogen (secondary N) is 1. The molecule has 0 saturated heterocycles. The van der Waals surface area contributed by atoms with Crippen molar-refractivity contribution in [1.29, 1.82) is 10.5 Å². The molecule has 2 aromatic rings. The van der Waals surface area contributed by atoms with Crippen LogP contribution in [0.15, 0.2) is 34.5 Å². The number of anilines is 1. The molecule has 0 radical (unpaired) electrons. The van der Waals surface area contributed by atoms with Gasteiger partial charge in [0.2, 0.25) is 5.95 Å². The minimum absolute atomic E-state index is 0.0258. The van der Waals surface area contributed by atoms with Gasteiger partial charge in [-0.2, -0.15) is 15.5 Å². The molecule has 11 heteroatoms. The summed E-state index contributed by atoms with van der Waals surface area (Å²) < 4.78 is 11.9. The summed E-state index contributed by atoms with van der Waals surface area (Å²) in [5.74, 6) is -0.314. The fourth-order valence-electron chi connectivity index (χ4n) is 8.97. The monoisotopic (exact) mass is 746 g/mol. The molecule has 298 valence electrons. The van der Waals surface area contributed by atoms with E-state index in [0.29, 0.717) is 31.6 Å². The fraction of sp³-hybridized carbons (Fsp3) is 0.698. The number of hydrogen-bond acceptors (Lipinski definition) is 10. The van der Waals surface area contributed by atoms with E-state index < -0.39 is 27.1 Å². The van der Waals surface area contributed by atoms with Crippen LogP contribution in [0, 0.1) is 55.2 Å². The third-order valence-electron chi connectivity index (χ3n) is 13.6. The highest BCUT2D eigenvalue weighted by Crippen LogP contribution is 2.66. The number of ether oxygens (including phenoxy) is 2.